The molecule has 1 amide bonds. The van der Waals surface area contributed by atoms with Crippen LogP contribution in [0.4, 0.5) is 0 Å². The number of halogens is 1. The lowest BCUT2D eigenvalue weighted by Gasteiger charge is -2.30. The Kier molecular flexibility index (Phi) is 6.98. The zero-order chi connectivity index (χ0) is 22.0. The summed E-state index contributed by atoms with van der Waals surface area (Å²) >= 11 is 7.61. The minimum atomic E-state index is -3.57. The molecule has 2 aromatic rings. The molecule has 10 heteroatoms. The zero-order valence-electron chi connectivity index (χ0n) is 17.5. The van der Waals surface area contributed by atoms with E-state index in [-0.39, 0.29) is 16.7 Å². The molecule has 2 aliphatic heterocycles. The van der Waals surface area contributed by atoms with E-state index >= 15 is 0 Å². The summed E-state index contributed by atoms with van der Waals surface area (Å²) in [5.74, 6) is -0.00439. The summed E-state index contributed by atoms with van der Waals surface area (Å²) in [6.07, 6.45) is 4.76. The standard InChI is InChI=1S/C21H27ClN4O3S2/c1-15-5-6-17(13-18(15)22)31(28,29)26-11-7-16(8-12-26)21-23-19(14-30-21)20(27)24-25-9-3-2-4-10-25/h5-6,13-14,16H,2-4,7-12H2,1H3,(H,24,27). The van der Waals surface area contributed by atoms with Crippen LogP contribution >= 0.6 is 22.9 Å². The monoisotopic (exact) mass is 482 g/mol. The van der Waals surface area contributed by atoms with Gasteiger partial charge in [0.15, 0.2) is 0 Å². The number of amides is 1. The van der Waals surface area contributed by atoms with Crippen LogP contribution in [0, 0.1) is 6.92 Å². The van der Waals surface area contributed by atoms with Gasteiger partial charge in [-0.3, -0.25) is 10.2 Å². The first-order valence-corrected chi connectivity index (χ1v) is 13.3. The molecule has 2 fully saturated rings. The van der Waals surface area contributed by atoms with E-state index < -0.39 is 10.0 Å². The van der Waals surface area contributed by atoms with Gasteiger partial charge in [0.05, 0.1) is 9.90 Å². The third-order valence-corrected chi connectivity index (χ3v) is 9.26. The number of hydrogen-bond donors (Lipinski definition) is 1. The second-order valence-corrected chi connectivity index (χ2v) is 11.4. The molecule has 0 unspecified atom stereocenters. The number of thiazole rings is 1. The number of carbonyl (C=O) groups excluding carboxylic acids is 1. The van der Waals surface area contributed by atoms with Crippen molar-refractivity contribution in [2.75, 3.05) is 26.2 Å². The molecule has 3 heterocycles. The van der Waals surface area contributed by atoms with Crippen LogP contribution < -0.4 is 5.43 Å². The molecule has 0 saturated carbocycles. The number of piperidine rings is 2. The van der Waals surface area contributed by atoms with Crippen molar-refractivity contribution < 1.29 is 13.2 Å². The molecule has 0 spiro atoms. The van der Waals surface area contributed by atoms with Gasteiger partial charge in [0, 0.05) is 42.5 Å². The summed E-state index contributed by atoms with van der Waals surface area (Å²) in [6, 6.07) is 4.86. The number of hydrazine groups is 1. The summed E-state index contributed by atoms with van der Waals surface area (Å²) in [5.41, 5.74) is 4.24. The van der Waals surface area contributed by atoms with Crippen molar-refractivity contribution in [3.8, 4) is 0 Å². The topological polar surface area (TPSA) is 82.6 Å². The Bertz CT molecular complexity index is 1040. The van der Waals surface area contributed by atoms with Crippen LogP contribution in [0.2, 0.25) is 5.02 Å². The highest BCUT2D eigenvalue weighted by Gasteiger charge is 2.31. The van der Waals surface area contributed by atoms with Gasteiger partial charge in [0.25, 0.3) is 5.91 Å². The molecular weight excluding hydrogens is 456 g/mol. The maximum Gasteiger partial charge on any atom is 0.285 e. The summed E-state index contributed by atoms with van der Waals surface area (Å²) < 4.78 is 27.5. The van der Waals surface area contributed by atoms with Crippen molar-refractivity contribution in [1.82, 2.24) is 19.7 Å². The largest absolute Gasteiger partial charge is 0.285 e. The number of sulfonamides is 1. The average Bonchev–Trinajstić information content (AvgIpc) is 3.27. The Labute approximate surface area is 192 Å². The summed E-state index contributed by atoms with van der Waals surface area (Å²) in [4.78, 5) is 17.3. The van der Waals surface area contributed by atoms with Gasteiger partial charge in [-0.25, -0.2) is 18.4 Å². The highest BCUT2D eigenvalue weighted by atomic mass is 35.5. The molecule has 2 aliphatic rings. The predicted octanol–water partition coefficient (Wildman–Crippen LogP) is 3.80. The molecule has 4 rings (SSSR count). The fraction of sp³-hybridized carbons (Fsp3) is 0.524. The number of aromatic nitrogens is 1. The maximum atomic E-state index is 13.0. The van der Waals surface area contributed by atoms with Crippen molar-refractivity contribution >= 4 is 38.9 Å². The molecule has 1 aromatic heterocycles. The van der Waals surface area contributed by atoms with E-state index in [1.807, 2.05) is 11.9 Å². The third kappa shape index (κ3) is 5.12. The fourth-order valence-corrected chi connectivity index (χ4v) is 6.73. The van der Waals surface area contributed by atoms with Crippen LogP contribution in [-0.4, -0.2) is 54.8 Å². The van der Waals surface area contributed by atoms with Gasteiger partial charge in [0.2, 0.25) is 10.0 Å². The molecule has 31 heavy (non-hydrogen) atoms. The van der Waals surface area contributed by atoms with E-state index in [4.69, 9.17) is 11.6 Å². The Morgan fingerprint density at radius 3 is 2.55 bits per heavy atom. The molecule has 7 nitrogen and oxygen atoms in total. The van der Waals surface area contributed by atoms with Crippen molar-refractivity contribution in [1.29, 1.82) is 0 Å². The molecule has 168 valence electrons. The normalized spacial score (nSPS) is 19.4. The van der Waals surface area contributed by atoms with E-state index in [1.54, 1.807) is 17.5 Å². The smallest absolute Gasteiger partial charge is 0.283 e. The number of carbonyl (C=O) groups is 1. The summed E-state index contributed by atoms with van der Waals surface area (Å²) in [6.45, 7) is 4.45. The van der Waals surface area contributed by atoms with E-state index in [0.29, 0.717) is 36.6 Å². The first kappa shape index (κ1) is 22.7. The average molecular weight is 483 g/mol. The number of benzene rings is 1. The molecule has 1 N–H and O–H groups in total. The molecule has 0 bridgehead atoms. The summed E-state index contributed by atoms with van der Waals surface area (Å²) in [7, 11) is -3.57. The Morgan fingerprint density at radius 1 is 1.16 bits per heavy atom. The van der Waals surface area contributed by atoms with E-state index in [9.17, 15) is 13.2 Å². The van der Waals surface area contributed by atoms with Crippen molar-refractivity contribution in [2.45, 2.75) is 49.8 Å². The van der Waals surface area contributed by atoms with E-state index in [0.717, 1.165) is 36.5 Å². The van der Waals surface area contributed by atoms with Crippen molar-refractivity contribution in [2.24, 2.45) is 0 Å². The molecule has 2 saturated heterocycles. The van der Waals surface area contributed by atoms with Crippen LogP contribution in [-0.2, 0) is 10.0 Å². The number of aryl methyl sites for hydroxylation is 1. The minimum Gasteiger partial charge on any atom is -0.283 e. The van der Waals surface area contributed by atoms with Crippen LogP contribution in [0.1, 0.15) is 59.1 Å². The zero-order valence-corrected chi connectivity index (χ0v) is 19.9. The van der Waals surface area contributed by atoms with Crippen LogP contribution in [0.5, 0.6) is 0 Å². The minimum absolute atomic E-state index is 0.162. The van der Waals surface area contributed by atoms with E-state index in [2.05, 4.69) is 10.4 Å². The summed E-state index contributed by atoms with van der Waals surface area (Å²) in [5, 5.41) is 5.12. The molecule has 0 aliphatic carbocycles. The first-order chi connectivity index (χ1) is 14.8. The van der Waals surface area contributed by atoms with Gasteiger partial charge in [0.1, 0.15) is 5.69 Å². The lowest BCUT2D eigenvalue weighted by Crippen LogP contribution is -2.45. The van der Waals surface area contributed by atoms with Crippen LogP contribution in [0.25, 0.3) is 0 Å². The molecule has 0 radical (unpaired) electrons. The quantitative estimate of drug-likeness (QED) is 0.700. The number of hydrogen-bond acceptors (Lipinski definition) is 6. The third-order valence-electron chi connectivity index (χ3n) is 5.95. The van der Waals surface area contributed by atoms with Gasteiger partial charge < -0.3 is 0 Å². The number of nitrogens with zero attached hydrogens (tertiary/aromatic N) is 3. The van der Waals surface area contributed by atoms with Crippen molar-refractivity contribution in [3.05, 3.63) is 44.9 Å². The second-order valence-electron chi connectivity index (χ2n) is 8.15. The second kappa shape index (κ2) is 9.54. The SMILES string of the molecule is Cc1ccc(S(=O)(=O)N2CCC(c3nc(C(=O)NN4CCCCC4)cs3)CC2)cc1Cl. The van der Waals surface area contributed by atoms with Crippen LogP contribution in [0.3, 0.4) is 0 Å². The number of rotatable bonds is 5. The van der Waals surface area contributed by atoms with Gasteiger partial charge in [-0.2, -0.15) is 4.31 Å². The molecular formula is C21H27ClN4O3S2. The maximum absolute atomic E-state index is 13.0. The van der Waals surface area contributed by atoms with Crippen molar-refractivity contribution in [3.63, 3.8) is 0 Å². The molecule has 0 atom stereocenters. The van der Waals surface area contributed by atoms with Gasteiger partial charge in [-0.1, -0.05) is 24.1 Å². The highest BCUT2D eigenvalue weighted by Crippen LogP contribution is 2.33. The van der Waals surface area contributed by atoms with Gasteiger partial charge in [-0.15, -0.1) is 11.3 Å². The molecule has 1 aromatic carbocycles. The highest BCUT2D eigenvalue weighted by molar-refractivity contribution is 7.89. The van der Waals surface area contributed by atoms with Gasteiger partial charge in [-0.05, 0) is 50.3 Å². The Morgan fingerprint density at radius 2 is 1.87 bits per heavy atom. The van der Waals surface area contributed by atoms with Gasteiger partial charge >= 0.3 is 0 Å². The fourth-order valence-electron chi connectivity index (χ4n) is 4.01. The lowest BCUT2D eigenvalue weighted by atomic mass is 9.99. The number of nitrogens with one attached hydrogen (secondary N) is 1. The Balaban J connectivity index is 1.36. The Hall–Kier alpha value is -1.52. The van der Waals surface area contributed by atoms with E-state index in [1.165, 1.54) is 28.1 Å². The van der Waals surface area contributed by atoms with Crippen LogP contribution in [0.15, 0.2) is 28.5 Å². The first-order valence-electron chi connectivity index (χ1n) is 10.6. The lowest BCUT2D eigenvalue weighted by molar-refractivity contribution is 0.0745. The predicted molar refractivity (Wildman–Crippen MR) is 122 cm³/mol.